The molecule has 0 bridgehead atoms. The van der Waals surface area contributed by atoms with E-state index in [9.17, 15) is 0 Å². The highest BCUT2D eigenvalue weighted by Crippen LogP contribution is 2.26. The van der Waals surface area contributed by atoms with E-state index in [4.69, 9.17) is 4.74 Å². The van der Waals surface area contributed by atoms with Crippen molar-refractivity contribution in [1.82, 2.24) is 0 Å². The minimum absolute atomic E-state index is 0.805. The van der Waals surface area contributed by atoms with Gasteiger partial charge in [0.15, 0.2) is 0 Å². The van der Waals surface area contributed by atoms with Crippen molar-refractivity contribution in [3.05, 3.63) is 65.7 Å². The summed E-state index contributed by atoms with van der Waals surface area (Å²) in [5, 5.41) is 0. The van der Waals surface area contributed by atoms with E-state index in [1.807, 2.05) is 0 Å². The molecule has 2 aromatic carbocycles. The Bertz CT molecular complexity index is 817. The van der Waals surface area contributed by atoms with Crippen LogP contribution in [0.3, 0.4) is 0 Å². The summed E-state index contributed by atoms with van der Waals surface area (Å²) < 4.78 is 5.95. The molecule has 0 N–H and O–H groups in total. The molecule has 35 heavy (non-hydrogen) atoms. The number of allylic oxidation sites excluding steroid dienone is 1. The van der Waals surface area contributed by atoms with E-state index in [0.717, 1.165) is 25.2 Å². The van der Waals surface area contributed by atoms with Gasteiger partial charge in [0.1, 0.15) is 5.75 Å². The van der Waals surface area contributed by atoms with E-state index in [2.05, 4.69) is 69.8 Å². The van der Waals surface area contributed by atoms with Gasteiger partial charge < -0.3 is 4.74 Å². The third-order valence-corrected chi connectivity index (χ3v) is 7.10. The van der Waals surface area contributed by atoms with Gasteiger partial charge in [-0.1, -0.05) is 113 Å². The summed E-state index contributed by atoms with van der Waals surface area (Å²) in [6.07, 6.45) is 21.2. The van der Waals surface area contributed by atoms with Crippen LogP contribution in [0.15, 0.2) is 54.6 Å². The van der Waals surface area contributed by atoms with Gasteiger partial charge in [0, 0.05) is 0 Å². The molecule has 0 aliphatic carbocycles. The minimum atomic E-state index is 0.805. The van der Waals surface area contributed by atoms with E-state index in [0.29, 0.717) is 0 Å². The number of hydrogen-bond acceptors (Lipinski definition) is 1. The lowest BCUT2D eigenvalue weighted by molar-refractivity contribution is 0.304. The Morgan fingerprint density at radius 2 is 1.26 bits per heavy atom. The average molecular weight is 477 g/mol. The highest BCUT2D eigenvalue weighted by Gasteiger charge is 2.04. The first kappa shape index (κ1) is 29.2. The van der Waals surface area contributed by atoms with Gasteiger partial charge in [0.2, 0.25) is 0 Å². The van der Waals surface area contributed by atoms with Crippen molar-refractivity contribution >= 4 is 0 Å². The van der Waals surface area contributed by atoms with Crippen LogP contribution in [0.1, 0.15) is 121 Å². The minimum Gasteiger partial charge on any atom is -0.494 e. The van der Waals surface area contributed by atoms with E-state index >= 15 is 0 Å². The largest absolute Gasteiger partial charge is 0.494 e. The molecular weight excluding hydrogens is 424 g/mol. The molecular formula is C34H52O. The van der Waals surface area contributed by atoms with E-state index in [-0.39, 0.29) is 0 Å². The van der Waals surface area contributed by atoms with Gasteiger partial charge >= 0.3 is 0 Å². The highest BCUT2D eigenvalue weighted by molar-refractivity contribution is 5.65. The molecule has 0 unspecified atom stereocenters. The molecule has 0 radical (unpaired) electrons. The van der Waals surface area contributed by atoms with Gasteiger partial charge in [-0.15, -0.1) is 6.58 Å². The molecule has 1 nitrogen and oxygen atoms in total. The van der Waals surface area contributed by atoms with Gasteiger partial charge in [0.25, 0.3) is 0 Å². The monoisotopic (exact) mass is 476 g/mol. The maximum Gasteiger partial charge on any atom is 0.119 e. The van der Waals surface area contributed by atoms with E-state index < -0.39 is 0 Å². The standard InChI is InChI=1S/C34H52O/c1-5-6-7-8-9-10-11-12-13-17-20-31-21-22-33(28-30(31)4)32-23-25-34(26-24-32)35-27-18-15-14-16-19-29(2)3/h21-26,28H,2,5-20,27H2,1,3-4H3. The lowest BCUT2D eigenvalue weighted by Crippen LogP contribution is -1.97. The number of hydrogen-bond donors (Lipinski definition) is 0. The molecule has 2 rings (SSSR count). The molecule has 0 saturated carbocycles. The van der Waals surface area contributed by atoms with Gasteiger partial charge in [-0.2, -0.15) is 0 Å². The second-order valence-electron chi connectivity index (χ2n) is 10.6. The van der Waals surface area contributed by atoms with E-state index in [1.165, 1.54) is 118 Å². The zero-order valence-electron chi connectivity index (χ0n) is 23.2. The lowest BCUT2D eigenvalue weighted by Gasteiger charge is -2.11. The van der Waals surface area contributed by atoms with Crippen LogP contribution in [0.5, 0.6) is 5.75 Å². The quantitative estimate of drug-likeness (QED) is 0.136. The maximum atomic E-state index is 5.95. The summed E-state index contributed by atoms with van der Waals surface area (Å²) in [5.74, 6) is 0.977. The third-order valence-electron chi connectivity index (χ3n) is 7.10. The molecule has 0 fully saturated rings. The van der Waals surface area contributed by atoms with Crippen LogP contribution in [-0.2, 0) is 6.42 Å². The predicted octanol–water partition coefficient (Wildman–Crippen LogP) is 11.0. The van der Waals surface area contributed by atoms with Crippen molar-refractivity contribution in [2.45, 2.75) is 124 Å². The van der Waals surface area contributed by atoms with Crippen LogP contribution < -0.4 is 4.74 Å². The number of aryl methyl sites for hydroxylation is 2. The molecule has 1 heteroatoms. The van der Waals surface area contributed by atoms with Crippen molar-refractivity contribution < 1.29 is 4.74 Å². The summed E-state index contributed by atoms with van der Waals surface area (Å²) in [4.78, 5) is 0. The van der Waals surface area contributed by atoms with Crippen molar-refractivity contribution in [1.29, 1.82) is 0 Å². The first-order valence-electron chi connectivity index (χ1n) is 14.6. The fourth-order valence-corrected chi connectivity index (χ4v) is 4.77. The molecule has 0 aliphatic rings. The first-order valence-corrected chi connectivity index (χ1v) is 14.6. The Kier molecular flexibility index (Phi) is 15.3. The van der Waals surface area contributed by atoms with Crippen LogP contribution in [0.4, 0.5) is 0 Å². The second kappa shape index (κ2) is 18.3. The Morgan fingerprint density at radius 1 is 0.686 bits per heavy atom. The molecule has 2 aromatic rings. The summed E-state index contributed by atoms with van der Waals surface area (Å²) >= 11 is 0. The fourth-order valence-electron chi connectivity index (χ4n) is 4.77. The Labute approximate surface area is 217 Å². The zero-order chi connectivity index (χ0) is 25.1. The van der Waals surface area contributed by atoms with E-state index in [1.54, 1.807) is 0 Å². The molecule has 0 saturated heterocycles. The third kappa shape index (κ3) is 13.0. The first-order chi connectivity index (χ1) is 17.1. The number of ether oxygens (including phenoxy) is 1. The summed E-state index contributed by atoms with van der Waals surface area (Å²) in [5.41, 5.74) is 6.80. The van der Waals surface area contributed by atoms with Gasteiger partial charge in [-0.05, 0) is 80.3 Å². The molecule has 0 aliphatic heterocycles. The highest BCUT2D eigenvalue weighted by atomic mass is 16.5. The van der Waals surface area contributed by atoms with Crippen LogP contribution in [0.2, 0.25) is 0 Å². The molecule has 0 spiro atoms. The molecule has 0 heterocycles. The summed E-state index contributed by atoms with van der Waals surface area (Å²) in [6.45, 7) is 11.4. The van der Waals surface area contributed by atoms with Crippen molar-refractivity contribution in [3.63, 3.8) is 0 Å². The Hall–Kier alpha value is -2.02. The Balaban J connectivity index is 1.64. The van der Waals surface area contributed by atoms with Crippen LogP contribution >= 0.6 is 0 Å². The fraction of sp³-hybridized carbons (Fsp3) is 0.588. The topological polar surface area (TPSA) is 9.23 Å². The van der Waals surface area contributed by atoms with Gasteiger partial charge in [-0.25, -0.2) is 0 Å². The number of benzene rings is 2. The van der Waals surface area contributed by atoms with Gasteiger partial charge in [0.05, 0.1) is 6.61 Å². The van der Waals surface area contributed by atoms with Crippen molar-refractivity contribution in [2.75, 3.05) is 6.61 Å². The van der Waals surface area contributed by atoms with Crippen LogP contribution in [0.25, 0.3) is 11.1 Å². The van der Waals surface area contributed by atoms with Crippen molar-refractivity contribution in [2.24, 2.45) is 0 Å². The van der Waals surface area contributed by atoms with Crippen LogP contribution in [0, 0.1) is 6.92 Å². The van der Waals surface area contributed by atoms with Crippen LogP contribution in [-0.4, -0.2) is 6.61 Å². The molecule has 0 amide bonds. The summed E-state index contributed by atoms with van der Waals surface area (Å²) in [6, 6.07) is 15.6. The second-order valence-corrected chi connectivity index (χ2v) is 10.6. The zero-order valence-corrected chi connectivity index (χ0v) is 23.2. The van der Waals surface area contributed by atoms with Gasteiger partial charge in [-0.3, -0.25) is 0 Å². The lowest BCUT2D eigenvalue weighted by atomic mass is 9.96. The molecule has 0 atom stereocenters. The number of rotatable bonds is 20. The maximum absolute atomic E-state index is 5.95. The van der Waals surface area contributed by atoms with Crippen molar-refractivity contribution in [3.8, 4) is 16.9 Å². The Morgan fingerprint density at radius 3 is 1.89 bits per heavy atom. The SMILES string of the molecule is C=C(C)CCCCCCOc1ccc(-c2ccc(CCCCCCCCCCCC)c(C)c2)cc1. The summed E-state index contributed by atoms with van der Waals surface area (Å²) in [7, 11) is 0. The molecule has 194 valence electrons. The predicted molar refractivity (Wildman–Crippen MR) is 156 cm³/mol. The molecule has 0 aromatic heterocycles. The number of unbranched alkanes of at least 4 members (excludes halogenated alkanes) is 12. The smallest absolute Gasteiger partial charge is 0.119 e. The average Bonchev–Trinajstić information content (AvgIpc) is 2.85. The normalized spacial score (nSPS) is 11.1.